The lowest BCUT2D eigenvalue weighted by atomic mass is 9.78. The Labute approximate surface area is 146 Å². The molecule has 0 aromatic carbocycles. The highest BCUT2D eigenvalue weighted by molar-refractivity contribution is 14.1. The van der Waals surface area contributed by atoms with E-state index in [0.717, 1.165) is 59.5 Å². The maximum Gasteiger partial charge on any atom is 0.162 e. The van der Waals surface area contributed by atoms with Crippen molar-refractivity contribution in [3.8, 4) is 0 Å². The zero-order valence-electron chi connectivity index (χ0n) is 13.1. The smallest absolute Gasteiger partial charge is 0.162 e. The molecule has 0 bridgehead atoms. The number of hydrogen-bond acceptors (Lipinski definition) is 3. The van der Waals surface area contributed by atoms with Crippen molar-refractivity contribution in [2.75, 3.05) is 6.61 Å². The second kappa shape index (κ2) is 7.55. The molecule has 1 aromatic heterocycles. The van der Waals surface area contributed by atoms with Crippen molar-refractivity contribution >= 4 is 34.2 Å². The monoisotopic (exact) mass is 422 g/mol. The second-order valence-corrected chi connectivity index (χ2v) is 7.40. The van der Waals surface area contributed by atoms with Crippen LogP contribution in [0.25, 0.3) is 0 Å². The van der Waals surface area contributed by atoms with Crippen LogP contribution in [0, 0.1) is 9.49 Å². The number of rotatable bonds is 5. The average molecular weight is 423 g/mol. The predicted molar refractivity (Wildman–Crippen MR) is 94.7 cm³/mol. The fourth-order valence-corrected chi connectivity index (χ4v) is 3.71. The molecule has 1 aliphatic carbocycles. The van der Waals surface area contributed by atoms with Gasteiger partial charge >= 0.3 is 0 Å². The molecule has 1 saturated carbocycles. The summed E-state index contributed by atoms with van der Waals surface area (Å²) in [7, 11) is 0. The molecule has 1 aliphatic rings. The lowest BCUT2D eigenvalue weighted by Gasteiger charge is -2.38. The van der Waals surface area contributed by atoms with Gasteiger partial charge in [-0.1, -0.05) is 31.9 Å². The van der Waals surface area contributed by atoms with E-state index in [1.54, 1.807) is 0 Å². The quantitative estimate of drug-likeness (QED) is 0.487. The SMILES string of the molecule is CCCc1nc(C2(OCC)CCC(C)CC2)nc(Cl)c1I. The molecule has 0 aliphatic heterocycles. The summed E-state index contributed by atoms with van der Waals surface area (Å²) in [6.45, 7) is 7.19. The van der Waals surface area contributed by atoms with Crippen LogP contribution in [0.1, 0.15) is 64.4 Å². The van der Waals surface area contributed by atoms with Gasteiger partial charge in [0.2, 0.25) is 0 Å². The van der Waals surface area contributed by atoms with Gasteiger partial charge in [-0.2, -0.15) is 0 Å². The first-order valence-corrected chi connectivity index (χ1v) is 9.34. The first kappa shape index (κ1) is 17.4. The van der Waals surface area contributed by atoms with Gasteiger partial charge in [-0.15, -0.1) is 0 Å². The maximum absolute atomic E-state index is 6.35. The van der Waals surface area contributed by atoms with Gasteiger partial charge in [0.1, 0.15) is 10.8 Å². The summed E-state index contributed by atoms with van der Waals surface area (Å²) in [5, 5.41) is 0.571. The van der Waals surface area contributed by atoms with Crippen LogP contribution in [0.2, 0.25) is 5.15 Å². The normalized spacial score (nSPS) is 26.0. The number of aromatic nitrogens is 2. The number of nitrogens with zero attached hydrogens (tertiary/aromatic N) is 2. The van der Waals surface area contributed by atoms with E-state index < -0.39 is 0 Å². The molecule has 118 valence electrons. The molecule has 1 heterocycles. The van der Waals surface area contributed by atoms with Gasteiger partial charge in [0.15, 0.2) is 5.82 Å². The minimum atomic E-state index is -0.336. The third-order valence-corrected chi connectivity index (χ3v) is 6.00. The maximum atomic E-state index is 6.35. The van der Waals surface area contributed by atoms with Gasteiger partial charge in [0.05, 0.1) is 9.26 Å². The molecule has 0 amide bonds. The molecule has 0 spiro atoms. The van der Waals surface area contributed by atoms with Crippen molar-refractivity contribution < 1.29 is 4.74 Å². The Morgan fingerprint density at radius 3 is 2.52 bits per heavy atom. The molecule has 2 rings (SSSR count). The lowest BCUT2D eigenvalue weighted by Crippen LogP contribution is -2.36. The minimum Gasteiger partial charge on any atom is -0.367 e. The third kappa shape index (κ3) is 3.88. The second-order valence-electron chi connectivity index (χ2n) is 5.96. The van der Waals surface area contributed by atoms with Crippen LogP contribution in [0.3, 0.4) is 0 Å². The van der Waals surface area contributed by atoms with Gasteiger partial charge in [-0.3, -0.25) is 0 Å². The highest BCUT2D eigenvalue weighted by atomic mass is 127. The van der Waals surface area contributed by atoms with E-state index >= 15 is 0 Å². The Balaban J connectivity index is 2.40. The molecular weight excluding hydrogens is 399 g/mol. The fourth-order valence-electron chi connectivity index (χ4n) is 3.01. The summed E-state index contributed by atoms with van der Waals surface area (Å²) in [5.41, 5.74) is 0.725. The zero-order valence-corrected chi connectivity index (χ0v) is 16.0. The van der Waals surface area contributed by atoms with Gasteiger partial charge in [0, 0.05) is 6.61 Å². The average Bonchev–Trinajstić information content (AvgIpc) is 2.47. The first-order valence-electron chi connectivity index (χ1n) is 7.88. The number of ether oxygens (including phenoxy) is 1. The fraction of sp³-hybridized carbons (Fsp3) is 0.750. The van der Waals surface area contributed by atoms with E-state index in [-0.39, 0.29) is 5.60 Å². The summed E-state index contributed by atoms with van der Waals surface area (Å²) in [6, 6.07) is 0. The Kier molecular flexibility index (Phi) is 6.26. The molecule has 0 atom stereocenters. The van der Waals surface area contributed by atoms with Crippen LogP contribution in [-0.4, -0.2) is 16.6 Å². The van der Waals surface area contributed by atoms with Crippen molar-refractivity contribution in [2.45, 2.75) is 64.9 Å². The van der Waals surface area contributed by atoms with Crippen LogP contribution in [0.5, 0.6) is 0 Å². The van der Waals surface area contributed by atoms with Crippen molar-refractivity contribution in [3.63, 3.8) is 0 Å². The molecule has 5 heteroatoms. The highest BCUT2D eigenvalue weighted by Crippen LogP contribution is 2.41. The van der Waals surface area contributed by atoms with E-state index in [9.17, 15) is 0 Å². The van der Waals surface area contributed by atoms with E-state index in [1.807, 2.05) is 6.92 Å². The summed E-state index contributed by atoms with van der Waals surface area (Å²) < 4.78 is 7.13. The molecule has 0 N–H and O–H groups in total. The van der Waals surface area contributed by atoms with Crippen molar-refractivity contribution in [1.82, 2.24) is 9.97 Å². The van der Waals surface area contributed by atoms with E-state index in [2.05, 4.69) is 41.4 Å². The Bertz CT molecular complexity index is 487. The van der Waals surface area contributed by atoms with E-state index in [0.29, 0.717) is 11.8 Å². The van der Waals surface area contributed by atoms with Crippen molar-refractivity contribution in [2.24, 2.45) is 5.92 Å². The topological polar surface area (TPSA) is 35.0 Å². The van der Waals surface area contributed by atoms with Crippen LogP contribution in [-0.2, 0) is 16.8 Å². The minimum absolute atomic E-state index is 0.336. The summed E-state index contributed by atoms with van der Waals surface area (Å²) >= 11 is 8.60. The highest BCUT2D eigenvalue weighted by Gasteiger charge is 2.40. The molecule has 1 aromatic rings. The van der Waals surface area contributed by atoms with E-state index in [4.69, 9.17) is 21.3 Å². The van der Waals surface area contributed by atoms with Crippen LogP contribution >= 0.6 is 34.2 Å². The van der Waals surface area contributed by atoms with Gasteiger partial charge in [-0.05, 0) is 67.5 Å². The van der Waals surface area contributed by atoms with E-state index in [1.165, 1.54) is 0 Å². The van der Waals surface area contributed by atoms with Gasteiger partial charge in [-0.25, -0.2) is 9.97 Å². The third-order valence-electron chi connectivity index (χ3n) is 4.28. The molecular formula is C16H24ClIN2O. The largest absolute Gasteiger partial charge is 0.367 e. The van der Waals surface area contributed by atoms with Crippen LogP contribution in [0.15, 0.2) is 0 Å². The first-order chi connectivity index (χ1) is 10.0. The van der Waals surface area contributed by atoms with Crippen molar-refractivity contribution in [1.29, 1.82) is 0 Å². The Hall–Kier alpha value is 0.0600. The number of hydrogen-bond donors (Lipinski definition) is 0. The molecule has 21 heavy (non-hydrogen) atoms. The van der Waals surface area contributed by atoms with Crippen molar-refractivity contribution in [3.05, 3.63) is 20.2 Å². The van der Waals surface area contributed by atoms with Crippen LogP contribution in [0.4, 0.5) is 0 Å². The number of halogens is 2. The van der Waals surface area contributed by atoms with Gasteiger partial charge < -0.3 is 4.74 Å². The standard InChI is InChI=1S/C16H24ClIN2O/c1-4-6-12-13(18)14(17)20-15(19-12)16(21-5-2)9-7-11(3)8-10-16/h11H,4-10H2,1-3H3. The Morgan fingerprint density at radius 2 is 1.95 bits per heavy atom. The molecule has 1 fully saturated rings. The zero-order chi connectivity index (χ0) is 15.5. The van der Waals surface area contributed by atoms with Gasteiger partial charge in [0.25, 0.3) is 0 Å². The Morgan fingerprint density at radius 1 is 1.29 bits per heavy atom. The molecule has 3 nitrogen and oxygen atoms in total. The molecule has 0 radical (unpaired) electrons. The molecule has 0 saturated heterocycles. The summed E-state index contributed by atoms with van der Waals surface area (Å²) in [4.78, 5) is 9.41. The summed E-state index contributed by atoms with van der Waals surface area (Å²) in [6.07, 6.45) is 6.30. The van der Waals surface area contributed by atoms with Crippen LogP contribution < -0.4 is 0 Å². The number of aryl methyl sites for hydroxylation is 1. The predicted octanol–water partition coefficient (Wildman–Crippen LogP) is 5.13. The lowest BCUT2D eigenvalue weighted by molar-refractivity contribution is -0.0838. The molecule has 0 unspecified atom stereocenters. The summed E-state index contributed by atoms with van der Waals surface area (Å²) in [5.74, 6) is 1.55.